The van der Waals surface area contributed by atoms with Crippen LogP contribution < -0.4 is 34.9 Å². The highest BCUT2D eigenvalue weighted by Gasteiger charge is 2.13. The normalized spacial score (nSPS) is 10.4. The number of ether oxygens (including phenoxy) is 4. The Balaban J connectivity index is 1.38. The van der Waals surface area contributed by atoms with Gasteiger partial charge in [0.1, 0.15) is 17.2 Å². The van der Waals surface area contributed by atoms with Crippen molar-refractivity contribution in [3.63, 3.8) is 0 Å². The topological polar surface area (TPSA) is 140 Å². The van der Waals surface area contributed by atoms with Crippen LogP contribution in [0.15, 0.2) is 72.9 Å². The molecule has 0 spiro atoms. The average molecular weight is 504 g/mol. The van der Waals surface area contributed by atoms with Gasteiger partial charge in [-0.3, -0.25) is 10.3 Å². The van der Waals surface area contributed by atoms with Gasteiger partial charge in [0.05, 0.1) is 25.4 Å². The summed E-state index contributed by atoms with van der Waals surface area (Å²) in [5, 5.41) is 16.9. The summed E-state index contributed by atoms with van der Waals surface area (Å²) in [5.74, 6) is 2.45. The van der Waals surface area contributed by atoms with E-state index in [1.54, 1.807) is 87.1 Å². The van der Waals surface area contributed by atoms with Crippen LogP contribution in [0.3, 0.4) is 0 Å². The number of anilines is 2. The minimum Gasteiger partial charge on any atom is -0.493 e. The van der Waals surface area contributed by atoms with E-state index in [1.807, 2.05) is 0 Å². The Labute approximate surface area is 211 Å². The van der Waals surface area contributed by atoms with Crippen molar-refractivity contribution in [2.24, 2.45) is 0 Å². The fourth-order valence-corrected chi connectivity index (χ4v) is 3.45. The number of carbonyl (C=O) groups excluding carboxylic acids is 2. The number of nitrogens with one attached hydrogen (secondary N) is 3. The molecule has 4 aromatic rings. The number of imide groups is 1. The standard InChI is InChI=1S/C26H24N4O7/c1-34-23-13-18-20(14-24(23)35-2)27-12-11-21(18)37-17-9-7-16(8-10-17)28-25(32)30-26(33)29-19-5-3-4-6-22(19)36-15-31/h3-14,31H,15H2,1-2H3,(H3,28,29,30,32,33). The number of urea groups is 2. The number of pyridine rings is 1. The minimum absolute atomic E-state index is 0.260. The Morgan fingerprint density at radius 3 is 2.27 bits per heavy atom. The molecule has 0 fully saturated rings. The van der Waals surface area contributed by atoms with E-state index in [0.717, 1.165) is 5.39 Å². The maximum Gasteiger partial charge on any atom is 0.327 e. The van der Waals surface area contributed by atoms with Gasteiger partial charge >= 0.3 is 12.1 Å². The molecule has 3 aromatic carbocycles. The number of aromatic nitrogens is 1. The van der Waals surface area contributed by atoms with E-state index >= 15 is 0 Å². The van der Waals surface area contributed by atoms with Gasteiger partial charge in [0.25, 0.3) is 0 Å². The van der Waals surface area contributed by atoms with Crippen LogP contribution >= 0.6 is 0 Å². The molecular weight excluding hydrogens is 480 g/mol. The Hall–Kier alpha value is -5.03. The summed E-state index contributed by atoms with van der Waals surface area (Å²) < 4.78 is 21.8. The number of rotatable bonds is 8. The first-order valence-corrected chi connectivity index (χ1v) is 11.0. The van der Waals surface area contributed by atoms with Crippen LogP contribution in [0.5, 0.6) is 28.7 Å². The number of carbonyl (C=O) groups is 2. The van der Waals surface area contributed by atoms with Gasteiger partial charge < -0.3 is 34.7 Å². The summed E-state index contributed by atoms with van der Waals surface area (Å²) in [6.45, 7) is -0.555. The molecule has 1 aromatic heterocycles. The molecular formula is C26H24N4O7. The molecule has 0 saturated carbocycles. The quantitative estimate of drug-likeness (QED) is 0.253. The maximum atomic E-state index is 12.2. The van der Waals surface area contributed by atoms with Crippen molar-refractivity contribution in [2.75, 3.05) is 31.6 Å². The van der Waals surface area contributed by atoms with Crippen molar-refractivity contribution < 1.29 is 33.6 Å². The van der Waals surface area contributed by atoms with E-state index in [1.165, 1.54) is 0 Å². The summed E-state index contributed by atoms with van der Waals surface area (Å²) in [6.07, 6.45) is 1.63. The van der Waals surface area contributed by atoms with E-state index in [9.17, 15) is 9.59 Å². The monoisotopic (exact) mass is 504 g/mol. The predicted molar refractivity (Wildman–Crippen MR) is 137 cm³/mol. The van der Waals surface area contributed by atoms with Crippen molar-refractivity contribution in [1.82, 2.24) is 10.3 Å². The molecule has 0 aliphatic rings. The van der Waals surface area contributed by atoms with Crippen LogP contribution in [-0.4, -0.2) is 43.2 Å². The predicted octanol–water partition coefficient (Wildman–Crippen LogP) is 4.73. The molecule has 0 radical (unpaired) electrons. The van der Waals surface area contributed by atoms with Crippen LogP contribution in [0.2, 0.25) is 0 Å². The number of para-hydroxylation sites is 2. The molecule has 0 aliphatic carbocycles. The van der Waals surface area contributed by atoms with E-state index < -0.39 is 18.9 Å². The first-order chi connectivity index (χ1) is 18.0. The maximum absolute atomic E-state index is 12.2. The smallest absolute Gasteiger partial charge is 0.327 e. The first-order valence-electron chi connectivity index (χ1n) is 11.0. The van der Waals surface area contributed by atoms with Crippen molar-refractivity contribution in [2.45, 2.75) is 0 Å². The summed E-state index contributed by atoms with van der Waals surface area (Å²) >= 11 is 0. The third kappa shape index (κ3) is 6.16. The lowest BCUT2D eigenvalue weighted by molar-refractivity contribution is 0.0991. The van der Waals surface area contributed by atoms with Crippen LogP contribution in [0.4, 0.5) is 21.0 Å². The Morgan fingerprint density at radius 2 is 1.54 bits per heavy atom. The minimum atomic E-state index is -0.775. The third-order valence-electron chi connectivity index (χ3n) is 5.13. The Morgan fingerprint density at radius 1 is 0.838 bits per heavy atom. The lowest BCUT2D eigenvalue weighted by atomic mass is 10.2. The molecule has 0 saturated heterocycles. The summed E-state index contributed by atoms with van der Waals surface area (Å²) in [4.78, 5) is 28.8. The molecule has 4 amide bonds. The highest BCUT2D eigenvalue weighted by molar-refractivity contribution is 6.05. The molecule has 11 nitrogen and oxygen atoms in total. The number of nitrogens with zero attached hydrogens (tertiary/aromatic N) is 1. The fraction of sp³-hybridized carbons (Fsp3) is 0.115. The number of hydrogen-bond acceptors (Lipinski definition) is 8. The Bertz CT molecular complexity index is 1410. The molecule has 4 rings (SSSR count). The van der Waals surface area contributed by atoms with Crippen LogP contribution in [0.25, 0.3) is 10.9 Å². The molecule has 4 N–H and O–H groups in total. The summed E-state index contributed by atoms with van der Waals surface area (Å²) in [7, 11) is 3.11. The van der Waals surface area contributed by atoms with E-state index in [4.69, 9.17) is 24.1 Å². The number of methoxy groups -OCH3 is 2. The molecule has 0 bridgehead atoms. The second-order valence-electron chi connectivity index (χ2n) is 7.46. The zero-order valence-corrected chi connectivity index (χ0v) is 20.0. The highest BCUT2D eigenvalue weighted by atomic mass is 16.6. The average Bonchev–Trinajstić information content (AvgIpc) is 2.90. The van der Waals surface area contributed by atoms with E-state index in [-0.39, 0.29) is 5.75 Å². The van der Waals surface area contributed by atoms with Crippen LogP contribution in [-0.2, 0) is 0 Å². The molecule has 11 heteroatoms. The van der Waals surface area contributed by atoms with Gasteiger partial charge in [-0.2, -0.15) is 0 Å². The van der Waals surface area contributed by atoms with Gasteiger partial charge in [0.15, 0.2) is 18.3 Å². The van der Waals surface area contributed by atoms with Gasteiger partial charge in [-0.05, 0) is 48.5 Å². The molecule has 0 aliphatic heterocycles. The van der Waals surface area contributed by atoms with Crippen LogP contribution in [0.1, 0.15) is 0 Å². The highest BCUT2D eigenvalue weighted by Crippen LogP contribution is 2.37. The van der Waals surface area contributed by atoms with Gasteiger partial charge in [-0.25, -0.2) is 9.59 Å². The zero-order valence-electron chi connectivity index (χ0n) is 20.0. The molecule has 1 heterocycles. The van der Waals surface area contributed by atoms with Crippen molar-refractivity contribution in [3.05, 3.63) is 72.9 Å². The van der Waals surface area contributed by atoms with Gasteiger partial charge in [-0.1, -0.05) is 12.1 Å². The van der Waals surface area contributed by atoms with Gasteiger partial charge in [0, 0.05) is 23.3 Å². The lowest BCUT2D eigenvalue weighted by Crippen LogP contribution is -2.37. The number of aliphatic hydroxyl groups is 1. The Kier molecular flexibility index (Phi) is 7.86. The second kappa shape index (κ2) is 11.6. The number of aliphatic hydroxyl groups excluding tert-OH is 1. The fourth-order valence-electron chi connectivity index (χ4n) is 3.45. The van der Waals surface area contributed by atoms with Crippen molar-refractivity contribution in [3.8, 4) is 28.7 Å². The van der Waals surface area contributed by atoms with Crippen molar-refractivity contribution in [1.29, 1.82) is 0 Å². The second-order valence-corrected chi connectivity index (χ2v) is 7.46. The van der Waals surface area contributed by atoms with E-state index in [0.29, 0.717) is 39.9 Å². The lowest BCUT2D eigenvalue weighted by Gasteiger charge is -2.13. The molecule has 190 valence electrons. The molecule has 37 heavy (non-hydrogen) atoms. The first kappa shape index (κ1) is 25.1. The zero-order chi connectivity index (χ0) is 26.2. The van der Waals surface area contributed by atoms with Gasteiger partial charge in [0.2, 0.25) is 0 Å². The summed E-state index contributed by atoms with van der Waals surface area (Å²) in [6, 6.07) is 16.9. The number of fused-ring (bicyclic) bond motifs is 1. The van der Waals surface area contributed by atoms with E-state index in [2.05, 4.69) is 20.9 Å². The molecule has 0 unspecified atom stereocenters. The number of hydrogen-bond donors (Lipinski definition) is 4. The summed E-state index contributed by atoms with van der Waals surface area (Å²) in [5.41, 5.74) is 1.41. The third-order valence-corrected chi connectivity index (χ3v) is 5.13. The van der Waals surface area contributed by atoms with Crippen molar-refractivity contribution >= 4 is 34.3 Å². The SMILES string of the molecule is COc1cc2nccc(Oc3ccc(NC(=O)NC(=O)Nc4ccccc4OCO)cc3)c2cc1OC. The number of amides is 4. The largest absolute Gasteiger partial charge is 0.493 e. The number of benzene rings is 3. The molecule has 0 atom stereocenters. The van der Waals surface area contributed by atoms with Crippen LogP contribution in [0, 0.1) is 0 Å². The van der Waals surface area contributed by atoms with Gasteiger partial charge in [-0.15, -0.1) is 0 Å².